The molecule has 1 aromatic rings. The maximum atomic E-state index is 5.71. The van der Waals surface area contributed by atoms with E-state index in [9.17, 15) is 0 Å². The average molecular weight is 180 g/mol. The van der Waals surface area contributed by atoms with Crippen LogP contribution in [-0.2, 0) is 0 Å². The molecule has 0 heterocycles. The van der Waals surface area contributed by atoms with Gasteiger partial charge in [0.2, 0.25) is 0 Å². The minimum Gasteiger partial charge on any atom is -0.264 e. The number of aliphatic imine (C=N–C) groups is 1. The molecule has 0 amide bonds. The number of allylic oxidation sites excluding steroid dienone is 1. The molecule has 0 N–H and O–H groups in total. The van der Waals surface area contributed by atoms with Gasteiger partial charge in [-0.15, -0.1) is 0 Å². The third-order valence-corrected chi connectivity index (χ3v) is 1.58. The summed E-state index contributed by atoms with van der Waals surface area (Å²) in [5, 5.41) is 0.748. The highest BCUT2D eigenvalue weighted by atomic mass is 35.5. The van der Waals surface area contributed by atoms with Crippen molar-refractivity contribution in [2.24, 2.45) is 4.99 Å². The average Bonchev–Trinajstić information content (AvgIpc) is 2.09. The van der Waals surface area contributed by atoms with Gasteiger partial charge in [-0.1, -0.05) is 29.8 Å². The first-order valence-corrected chi connectivity index (χ1v) is 4.10. The van der Waals surface area contributed by atoms with E-state index in [2.05, 4.69) is 4.99 Å². The van der Waals surface area contributed by atoms with Gasteiger partial charge in [0, 0.05) is 17.4 Å². The number of nitrogens with zero attached hydrogens (tertiary/aromatic N) is 1. The van der Waals surface area contributed by atoms with Crippen LogP contribution in [-0.4, -0.2) is 6.21 Å². The molecule has 0 aliphatic heterocycles. The number of hydrogen-bond donors (Lipinski definition) is 0. The monoisotopic (exact) mass is 179 g/mol. The molecule has 62 valence electrons. The highest BCUT2D eigenvalue weighted by Gasteiger charge is 1.86. The Kier molecular flexibility index (Phi) is 3.55. The molecule has 1 nitrogen and oxygen atoms in total. The van der Waals surface area contributed by atoms with Crippen molar-refractivity contribution >= 4 is 17.8 Å². The van der Waals surface area contributed by atoms with Gasteiger partial charge in [-0.2, -0.15) is 0 Å². The fourth-order valence-electron chi connectivity index (χ4n) is 0.764. The molecule has 2 heteroatoms. The third-order valence-electron chi connectivity index (χ3n) is 1.33. The van der Waals surface area contributed by atoms with Gasteiger partial charge in [0.05, 0.1) is 0 Å². The standard InChI is InChI=1S/C10H10ClN/c1-2-7-12-8-9-3-5-10(11)6-4-9/h2-8H,1H3/b7-2+,12-8?. The highest BCUT2D eigenvalue weighted by Crippen LogP contribution is 2.07. The van der Waals surface area contributed by atoms with Crippen LogP contribution < -0.4 is 0 Å². The van der Waals surface area contributed by atoms with Crippen molar-refractivity contribution in [3.63, 3.8) is 0 Å². The molecule has 0 fully saturated rings. The lowest BCUT2D eigenvalue weighted by Crippen LogP contribution is -1.77. The molecule has 0 spiro atoms. The smallest absolute Gasteiger partial charge is 0.0406 e. The number of rotatable bonds is 2. The van der Waals surface area contributed by atoms with Crippen molar-refractivity contribution < 1.29 is 0 Å². The van der Waals surface area contributed by atoms with E-state index in [4.69, 9.17) is 11.6 Å². The Morgan fingerprint density at radius 2 is 1.92 bits per heavy atom. The predicted octanol–water partition coefficient (Wildman–Crippen LogP) is 3.29. The van der Waals surface area contributed by atoms with E-state index in [0.29, 0.717) is 0 Å². The Bertz CT molecular complexity index is 285. The van der Waals surface area contributed by atoms with Gasteiger partial charge >= 0.3 is 0 Å². The van der Waals surface area contributed by atoms with Gasteiger partial charge < -0.3 is 0 Å². The molecule has 12 heavy (non-hydrogen) atoms. The third kappa shape index (κ3) is 2.89. The molecule has 0 bridgehead atoms. The topological polar surface area (TPSA) is 12.4 Å². The summed E-state index contributed by atoms with van der Waals surface area (Å²) in [4.78, 5) is 4.04. The van der Waals surface area contributed by atoms with E-state index in [1.807, 2.05) is 37.3 Å². The van der Waals surface area contributed by atoms with E-state index < -0.39 is 0 Å². The zero-order valence-electron chi connectivity index (χ0n) is 6.87. The van der Waals surface area contributed by atoms with Crippen LogP contribution in [0.3, 0.4) is 0 Å². The van der Waals surface area contributed by atoms with Crippen molar-refractivity contribution in [3.05, 3.63) is 47.1 Å². The second-order valence-corrected chi connectivity index (χ2v) is 2.75. The number of hydrogen-bond acceptors (Lipinski definition) is 1. The molecule has 1 aromatic carbocycles. The highest BCUT2D eigenvalue weighted by molar-refractivity contribution is 6.30. The van der Waals surface area contributed by atoms with Gasteiger partial charge in [-0.3, -0.25) is 4.99 Å². The van der Waals surface area contributed by atoms with E-state index in [-0.39, 0.29) is 0 Å². The lowest BCUT2D eigenvalue weighted by atomic mass is 10.2. The summed E-state index contributed by atoms with van der Waals surface area (Å²) in [6.45, 7) is 1.93. The largest absolute Gasteiger partial charge is 0.264 e. The summed E-state index contributed by atoms with van der Waals surface area (Å²) >= 11 is 5.71. The summed E-state index contributed by atoms with van der Waals surface area (Å²) < 4.78 is 0. The van der Waals surface area contributed by atoms with E-state index in [1.54, 1.807) is 12.4 Å². The van der Waals surface area contributed by atoms with E-state index in [0.717, 1.165) is 10.6 Å². The lowest BCUT2D eigenvalue weighted by Gasteiger charge is -1.90. The molecule has 0 saturated heterocycles. The second-order valence-electron chi connectivity index (χ2n) is 2.31. The first-order valence-electron chi connectivity index (χ1n) is 3.73. The summed E-state index contributed by atoms with van der Waals surface area (Å²) in [6, 6.07) is 7.54. The Labute approximate surface area is 77.4 Å². The Morgan fingerprint density at radius 3 is 2.50 bits per heavy atom. The summed E-state index contributed by atoms with van der Waals surface area (Å²) in [5.41, 5.74) is 1.05. The Hall–Kier alpha value is -1.08. The molecular formula is C10H10ClN. The van der Waals surface area contributed by atoms with Crippen LogP contribution >= 0.6 is 11.6 Å². The Morgan fingerprint density at radius 1 is 1.25 bits per heavy atom. The maximum Gasteiger partial charge on any atom is 0.0406 e. The van der Waals surface area contributed by atoms with Crippen molar-refractivity contribution in [1.82, 2.24) is 0 Å². The minimum atomic E-state index is 0.748. The molecule has 0 saturated carbocycles. The zero-order chi connectivity index (χ0) is 8.81. The van der Waals surface area contributed by atoms with Gasteiger partial charge in [0.25, 0.3) is 0 Å². The quantitative estimate of drug-likeness (QED) is 0.618. The number of halogens is 1. The SMILES string of the molecule is C/C=C/N=Cc1ccc(Cl)cc1. The van der Waals surface area contributed by atoms with Crippen LogP contribution in [0.25, 0.3) is 0 Å². The Balaban J connectivity index is 2.70. The molecule has 0 aliphatic rings. The second kappa shape index (κ2) is 4.73. The lowest BCUT2D eigenvalue weighted by molar-refractivity contribution is 1.53. The first-order chi connectivity index (χ1) is 5.83. The van der Waals surface area contributed by atoms with Crippen LogP contribution in [0, 0.1) is 0 Å². The van der Waals surface area contributed by atoms with Crippen LogP contribution in [0.5, 0.6) is 0 Å². The summed E-state index contributed by atoms with van der Waals surface area (Å²) in [7, 11) is 0. The van der Waals surface area contributed by atoms with E-state index >= 15 is 0 Å². The fourth-order valence-corrected chi connectivity index (χ4v) is 0.890. The van der Waals surface area contributed by atoms with Crippen molar-refractivity contribution in [2.45, 2.75) is 6.92 Å². The van der Waals surface area contributed by atoms with Crippen LogP contribution in [0.2, 0.25) is 5.02 Å². The van der Waals surface area contributed by atoms with Crippen molar-refractivity contribution in [1.29, 1.82) is 0 Å². The first kappa shape index (κ1) is 9.01. The van der Waals surface area contributed by atoms with Crippen LogP contribution in [0.15, 0.2) is 41.5 Å². The normalized spacial score (nSPS) is 11.5. The van der Waals surface area contributed by atoms with Crippen LogP contribution in [0.4, 0.5) is 0 Å². The predicted molar refractivity (Wildman–Crippen MR) is 53.9 cm³/mol. The summed E-state index contributed by atoms with van der Waals surface area (Å²) in [6.07, 6.45) is 5.41. The molecule has 0 radical (unpaired) electrons. The van der Waals surface area contributed by atoms with E-state index in [1.165, 1.54) is 0 Å². The molecule has 0 unspecified atom stereocenters. The van der Waals surface area contributed by atoms with Crippen molar-refractivity contribution in [3.8, 4) is 0 Å². The molecule has 1 rings (SSSR count). The van der Waals surface area contributed by atoms with Gasteiger partial charge in [0.15, 0.2) is 0 Å². The van der Waals surface area contributed by atoms with Crippen molar-refractivity contribution in [2.75, 3.05) is 0 Å². The van der Waals surface area contributed by atoms with Gasteiger partial charge in [-0.25, -0.2) is 0 Å². The number of benzene rings is 1. The molecular weight excluding hydrogens is 170 g/mol. The minimum absolute atomic E-state index is 0.748. The molecule has 0 aromatic heterocycles. The summed E-state index contributed by atoms with van der Waals surface area (Å²) in [5.74, 6) is 0. The van der Waals surface area contributed by atoms with Crippen LogP contribution in [0.1, 0.15) is 12.5 Å². The fraction of sp³-hybridized carbons (Fsp3) is 0.100. The van der Waals surface area contributed by atoms with Gasteiger partial charge in [0.1, 0.15) is 0 Å². The zero-order valence-corrected chi connectivity index (χ0v) is 7.62. The van der Waals surface area contributed by atoms with Gasteiger partial charge in [-0.05, 0) is 24.6 Å². The molecule has 0 atom stereocenters. The molecule has 0 aliphatic carbocycles. The maximum absolute atomic E-state index is 5.71.